The largest absolute Gasteiger partial charge is 0.379 e. The van der Waals surface area contributed by atoms with Gasteiger partial charge in [0.1, 0.15) is 5.69 Å². The van der Waals surface area contributed by atoms with Crippen LogP contribution in [-0.4, -0.2) is 30.3 Å². The summed E-state index contributed by atoms with van der Waals surface area (Å²) in [5, 5.41) is 19.0. The van der Waals surface area contributed by atoms with Gasteiger partial charge in [0, 0.05) is 37.3 Å². The number of anilines is 2. The molecule has 0 bridgehead atoms. The fourth-order valence-electron chi connectivity index (χ4n) is 2.20. The van der Waals surface area contributed by atoms with Crippen LogP contribution in [0.1, 0.15) is 16.8 Å². The van der Waals surface area contributed by atoms with Crippen molar-refractivity contribution < 1.29 is 14.5 Å². The van der Waals surface area contributed by atoms with Crippen LogP contribution < -0.4 is 16.0 Å². The molecule has 0 saturated carbocycles. The Hall–Kier alpha value is -3.42. The van der Waals surface area contributed by atoms with E-state index in [4.69, 9.17) is 0 Å². The molecule has 2 aromatic rings. The lowest BCUT2D eigenvalue weighted by Gasteiger charge is -2.09. The Morgan fingerprint density at radius 1 is 1.12 bits per heavy atom. The highest BCUT2D eigenvalue weighted by Crippen LogP contribution is 2.22. The molecule has 0 aliphatic rings. The topological polar surface area (TPSA) is 113 Å². The summed E-state index contributed by atoms with van der Waals surface area (Å²) in [6.45, 7) is 0.242. The Kier molecular flexibility index (Phi) is 6.05. The molecule has 0 fully saturated rings. The van der Waals surface area contributed by atoms with E-state index in [2.05, 4.69) is 16.0 Å². The van der Waals surface area contributed by atoms with Gasteiger partial charge in [-0.1, -0.05) is 18.2 Å². The highest BCUT2D eigenvalue weighted by Gasteiger charge is 2.12. The minimum absolute atomic E-state index is 0.0406. The predicted octanol–water partition coefficient (Wildman–Crippen LogP) is 2.40. The maximum absolute atomic E-state index is 12.0. The molecule has 0 unspecified atom stereocenters. The van der Waals surface area contributed by atoms with Gasteiger partial charge >= 0.3 is 0 Å². The van der Waals surface area contributed by atoms with Gasteiger partial charge in [-0.15, -0.1) is 0 Å². The zero-order chi connectivity index (χ0) is 18.2. The third-order valence-electron chi connectivity index (χ3n) is 3.40. The number of nitrogens with one attached hydrogen (secondary N) is 3. The summed E-state index contributed by atoms with van der Waals surface area (Å²) < 4.78 is 0. The summed E-state index contributed by atoms with van der Waals surface area (Å²) in [5.74, 6) is -0.505. The standard InChI is InChI=1S/C17H18N4O4/c1-18-17(23)12-5-4-6-13(11-12)20-16(22)9-10-19-14-7-2-3-8-15(14)21(24)25/h2-8,11,19H,9-10H2,1H3,(H,18,23)(H,20,22). The minimum Gasteiger partial charge on any atom is -0.379 e. The summed E-state index contributed by atoms with van der Waals surface area (Å²) in [6.07, 6.45) is 0.121. The number of benzene rings is 2. The Morgan fingerprint density at radius 2 is 1.88 bits per heavy atom. The molecule has 0 spiro atoms. The van der Waals surface area contributed by atoms with E-state index in [-0.39, 0.29) is 30.5 Å². The lowest BCUT2D eigenvalue weighted by atomic mass is 10.2. The van der Waals surface area contributed by atoms with Crippen LogP contribution in [0.3, 0.4) is 0 Å². The number of nitro groups is 1. The number of hydrogen-bond donors (Lipinski definition) is 3. The quantitative estimate of drug-likeness (QED) is 0.528. The summed E-state index contributed by atoms with van der Waals surface area (Å²) >= 11 is 0. The Labute approximate surface area is 144 Å². The molecular weight excluding hydrogens is 324 g/mol. The lowest BCUT2D eigenvalue weighted by molar-refractivity contribution is -0.384. The van der Waals surface area contributed by atoms with Gasteiger partial charge in [0.25, 0.3) is 11.6 Å². The third kappa shape index (κ3) is 5.03. The van der Waals surface area contributed by atoms with Gasteiger partial charge in [-0.25, -0.2) is 0 Å². The van der Waals surface area contributed by atoms with E-state index < -0.39 is 4.92 Å². The first-order valence-electron chi connectivity index (χ1n) is 7.60. The van der Waals surface area contributed by atoms with Crippen LogP contribution in [-0.2, 0) is 4.79 Å². The molecule has 8 nitrogen and oxygen atoms in total. The molecule has 0 aromatic heterocycles. The monoisotopic (exact) mass is 342 g/mol. The van der Waals surface area contributed by atoms with E-state index >= 15 is 0 Å². The smallest absolute Gasteiger partial charge is 0.292 e. The highest BCUT2D eigenvalue weighted by molar-refractivity contribution is 5.97. The fraction of sp³-hybridized carbons (Fsp3) is 0.176. The number of hydrogen-bond acceptors (Lipinski definition) is 5. The molecule has 25 heavy (non-hydrogen) atoms. The van der Waals surface area contributed by atoms with E-state index in [1.54, 1.807) is 42.5 Å². The number of amides is 2. The number of nitro benzene ring substituents is 1. The van der Waals surface area contributed by atoms with Crippen molar-refractivity contribution in [1.29, 1.82) is 0 Å². The second-order valence-electron chi connectivity index (χ2n) is 5.16. The average Bonchev–Trinajstić information content (AvgIpc) is 2.61. The molecule has 0 aliphatic heterocycles. The Morgan fingerprint density at radius 3 is 2.60 bits per heavy atom. The van der Waals surface area contributed by atoms with Crippen LogP contribution in [0.2, 0.25) is 0 Å². The molecule has 0 atom stereocenters. The maximum Gasteiger partial charge on any atom is 0.292 e. The lowest BCUT2D eigenvalue weighted by Crippen LogP contribution is -2.19. The SMILES string of the molecule is CNC(=O)c1cccc(NC(=O)CCNc2ccccc2[N+](=O)[O-])c1. The van der Waals surface area contributed by atoms with E-state index in [1.807, 2.05) is 0 Å². The van der Waals surface area contributed by atoms with Crippen molar-refractivity contribution >= 4 is 28.9 Å². The zero-order valence-electron chi connectivity index (χ0n) is 13.6. The Bertz CT molecular complexity index is 792. The maximum atomic E-state index is 12.0. The summed E-state index contributed by atoms with van der Waals surface area (Å²) in [7, 11) is 1.53. The number of para-hydroxylation sites is 2. The van der Waals surface area contributed by atoms with Crippen molar-refractivity contribution in [2.24, 2.45) is 0 Å². The van der Waals surface area contributed by atoms with Gasteiger partial charge < -0.3 is 16.0 Å². The first kappa shape index (κ1) is 17.9. The third-order valence-corrected chi connectivity index (χ3v) is 3.40. The van der Waals surface area contributed by atoms with Gasteiger partial charge in [0.05, 0.1) is 4.92 Å². The molecule has 0 aliphatic carbocycles. The number of carbonyl (C=O) groups is 2. The van der Waals surface area contributed by atoms with Gasteiger partial charge in [-0.05, 0) is 24.3 Å². The number of rotatable bonds is 7. The fourth-order valence-corrected chi connectivity index (χ4v) is 2.20. The van der Waals surface area contributed by atoms with E-state index in [0.29, 0.717) is 16.9 Å². The molecule has 3 N–H and O–H groups in total. The van der Waals surface area contributed by atoms with Crippen LogP contribution in [0.25, 0.3) is 0 Å². The molecule has 0 heterocycles. The van der Waals surface area contributed by atoms with Crippen molar-refractivity contribution in [2.75, 3.05) is 24.2 Å². The first-order chi connectivity index (χ1) is 12.0. The molecule has 0 saturated heterocycles. The average molecular weight is 342 g/mol. The van der Waals surface area contributed by atoms with E-state index in [9.17, 15) is 19.7 Å². The summed E-state index contributed by atoms with van der Waals surface area (Å²) in [4.78, 5) is 34.0. The van der Waals surface area contributed by atoms with Crippen molar-refractivity contribution in [2.45, 2.75) is 6.42 Å². The summed E-state index contributed by atoms with van der Waals surface area (Å²) in [5.41, 5.74) is 1.28. The van der Waals surface area contributed by atoms with Crippen LogP contribution in [0.4, 0.5) is 17.1 Å². The van der Waals surface area contributed by atoms with Gasteiger partial charge in [0.15, 0.2) is 0 Å². The molecular formula is C17H18N4O4. The van der Waals surface area contributed by atoms with Crippen molar-refractivity contribution in [3.8, 4) is 0 Å². The zero-order valence-corrected chi connectivity index (χ0v) is 13.6. The van der Waals surface area contributed by atoms with Gasteiger partial charge in [-0.3, -0.25) is 19.7 Å². The van der Waals surface area contributed by atoms with Crippen LogP contribution in [0.15, 0.2) is 48.5 Å². The van der Waals surface area contributed by atoms with Gasteiger partial charge in [0.2, 0.25) is 5.91 Å². The minimum atomic E-state index is -0.479. The molecule has 2 aromatic carbocycles. The number of carbonyl (C=O) groups excluding carboxylic acids is 2. The normalized spacial score (nSPS) is 9.96. The van der Waals surface area contributed by atoms with Gasteiger partial charge in [-0.2, -0.15) is 0 Å². The van der Waals surface area contributed by atoms with Crippen LogP contribution in [0, 0.1) is 10.1 Å². The summed E-state index contributed by atoms with van der Waals surface area (Å²) in [6, 6.07) is 12.8. The second kappa shape index (κ2) is 8.44. The molecule has 130 valence electrons. The predicted molar refractivity (Wildman–Crippen MR) is 94.7 cm³/mol. The molecule has 2 rings (SSSR count). The highest BCUT2D eigenvalue weighted by atomic mass is 16.6. The second-order valence-corrected chi connectivity index (χ2v) is 5.16. The molecule has 0 radical (unpaired) electrons. The van der Waals surface area contributed by atoms with Crippen molar-refractivity contribution in [3.63, 3.8) is 0 Å². The van der Waals surface area contributed by atoms with Crippen molar-refractivity contribution in [1.82, 2.24) is 5.32 Å². The van der Waals surface area contributed by atoms with Crippen LogP contribution in [0.5, 0.6) is 0 Å². The first-order valence-corrected chi connectivity index (χ1v) is 7.60. The van der Waals surface area contributed by atoms with E-state index in [0.717, 1.165) is 0 Å². The van der Waals surface area contributed by atoms with Crippen LogP contribution >= 0.6 is 0 Å². The molecule has 8 heteroatoms. The van der Waals surface area contributed by atoms with E-state index in [1.165, 1.54) is 13.1 Å². The molecule has 2 amide bonds. The Balaban J connectivity index is 1.90. The number of nitrogens with zero attached hydrogens (tertiary/aromatic N) is 1. The van der Waals surface area contributed by atoms with Crippen molar-refractivity contribution in [3.05, 3.63) is 64.2 Å².